The Balaban J connectivity index is 2.11. The molecule has 6 heteroatoms. The van der Waals surface area contributed by atoms with E-state index in [0.717, 1.165) is 25.7 Å². The minimum absolute atomic E-state index is 0.0853. The summed E-state index contributed by atoms with van der Waals surface area (Å²) in [5.74, 6) is -0.572. The number of nitrogens with zero attached hydrogens (tertiary/aromatic N) is 1. The summed E-state index contributed by atoms with van der Waals surface area (Å²) in [6.45, 7) is 4.97. The van der Waals surface area contributed by atoms with E-state index >= 15 is 0 Å². The summed E-state index contributed by atoms with van der Waals surface area (Å²) in [6.07, 6.45) is 3.72. The molecule has 0 spiro atoms. The van der Waals surface area contributed by atoms with Gasteiger partial charge in [0.2, 0.25) is 0 Å². The summed E-state index contributed by atoms with van der Waals surface area (Å²) < 4.78 is 5.94. The summed E-state index contributed by atoms with van der Waals surface area (Å²) in [6, 6.07) is 3.50. The van der Waals surface area contributed by atoms with Crippen LogP contribution in [0.25, 0.3) is 0 Å². The van der Waals surface area contributed by atoms with Crippen molar-refractivity contribution >= 4 is 23.4 Å². The molecule has 2 rings (SSSR count). The number of hydrogen-bond acceptors (Lipinski definition) is 4. The third-order valence-electron chi connectivity index (χ3n) is 4.18. The van der Waals surface area contributed by atoms with Gasteiger partial charge in [-0.3, -0.25) is 0 Å². The van der Waals surface area contributed by atoms with Gasteiger partial charge < -0.3 is 15.2 Å². The Morgan fingerprint density at radius 1 is 1.52 bits per heavy atom. The normalized spacial score (nSPS) is 21.0. The molecule has 0 saturated carbocycles. The number of carboxylic acid groups (broad SMARTS) is 1. The third-order valence-corrected chi connectivity index (χ3v) is 4.49. The standard InChI is InChI=1S/C15H21ClN2O3/c1-3-15(4-2)9-10(7-8-21-15)17-12-6-5-11(16)13(18-12)14(19)20/h5-6,10H,3-4,7-9H2,1-2H3,(H,17,18)(H,19,20). The third kappa shape index (κ3) is 3.66. The van der Waals surface area contributed by atoms with Crippen LogP contribution in [0.2, 0.25) is 5.02 Å². The molecule has 2 heterocycles. The van der Waals surface area contributed by atoms with Crippen molar-refractivity contribution in [2.45, 2.75) is 51.2 Å². The van der Waals surface area contributed by atoms with Crippen molar-refractivity contribution in [3.05, 3.63) is 22.8 Å². The molecule has 2 N–H and O–H groups in total. The zero-order valence-corrected chi connectivity index (χ0v) is 13.1. The molecule has 0 bridgehead atoms. The van der Waals surface area contributed by atoms with Crippen LogP contribution in [0.4, 0.5) is 5.82 Å². The molecule has 116 valence electrons. The molecule has 21 heavy (non-hydrogen) atoms. The van der Waals surface area contributed by atoms with E-state index in [-0.39, 0.29) is 22.4 Å². The molecule has 0 radical (unpaired) electrons. The number of pyridine rings is 1. The second kappa shape index (κ2) is 6.62. The van der Waals surface area contributed by atoms with E-state index in [1.165, 1.54) is 0 Å². The van der Waals surface area contributed by atoms with Crippen LogP contribution in [0.5, 0.6) is 0 Å². The van der Waals surface area contributed by atoms with Crippen molar-refractivity contribution in [1.29, 1.82) is 0 Å². The van der Waals surface area contributed by atoms with Crippen LogP contribution in [0.3, 0.4) is 0 Å². The second-order valence-electron chi connectivity index (χ2n) is 5.40. The van der Waals surface area contributed by atoms with Crippen molar-refractivity contribution in [2.75, 3.05) is 11.9 Å². The highest BCUT2D eigenvalue weighted by molar-refractivity contribution is 6.33. The van der Waals surface area contributed by atoms with Crippen LogP contribution < -0.4 is 5.32 Å². The lowest BCUT2D eigenvalue weighted by atomic mass is 9.86. The Kier molecular flexibility index (Phi) is 5.06. The number of ether oxygens (including phenoxy) is 1. The topological polar surface area (TPSA) is 71.5 Å². The van der Waals surface area contributed by atoms with E-state index in [1.54, 1.807) is 12.1 Å². The average molecular weight is 313 g/mol. The van der Waals surface area contributed by atoms with Crippen LogP contribution in [-0.4, -0.2) is 34.3 Å². The molecule has 1 saturated heterocycles. The van der Waals surface area contributed by atoms with Crippen LogP contribution in [0.15, 0.2) is 12.1 Å². The van der Waals surface area contributed by atoms with Gasteiger partial charge in [0, 0.05) is 12.6 Å². The largest absolute Gasteiger partial charge is 0.476 e. The molecule has 1 atom stereocenters. The molecule has 0 aliphatic carbocycles. The Morgan fingerprint density at radius 2 is 2.24 bits per heavy atom. The number of aromatic carboxylic acids is 1. The molecule has 1 aromatic rings. The summed E-state index contributed by atoms with van der Waals surface area (Å²) in [5, 5.41) is 12.5. The van der Waals surface area contributed by atoms with Crippen LogP contribution in [0, 0.1) is 0 Å². The van der Waals surface area contributed by atoms with Crippen molar-refractivity contribution < 1.29 is 14.6 Å². The smallest absolute Gasteiger partial charge is 0.356 e. The predicted octanol–water partition coefficient (Wildman–Crippen LogP) is 3.58. The zero-order chi connectivity index (χ0) is 15.5. The van der Waals surface area contributed by atoms with Gasteiger partial charge in [0.15, 0.2) is 5.69 Å². The number of halogens is 1. The van der Waals surface area contributed by atoms with Crippen molar-refractivity contribution in [3.63, 3.8) is 0 Å². The molecule has 1 unspecified atom stereocenters. The fourth-order valence-corrected chi connectivity index (χ4v) is 2.96. The summed E-state index contributed by atoms with van der Waals surface area (Å²) in [7, 11) is 0. The van der Waals surface area contributed by atoms with Gasteiger partial charge in [-0.25, -0.2) is 9.78 Å². The number of hydrogen-bond donors (Lipinski definition) is 2. The highest BCUT2D eigenvalue weighted by atomic mass is 35.5. The van der Waals surface area contributed by atoms with Gasteiger partial charge in [-0.05, 0) is 37.8 Å². The van der Waals surface area contributed by atoms with E-state index < -0.39 is 5.97 Å². The van der Waals surface area contributed by atoms with E-state index in [1.807, 2.05) is 0 Å². The fourth-order valence-electron chi connectivity index (χ4n) is 2.78. The van der Waals surface area contributed by atoms with Gasteiger partial charge in [-0.2, -0.15) is 0 Å². The van der Waals surface area contributed by atoms with Crippen LogP contribution in [-0.2, 0) is 4.74 Å². The lowest BCUT2D eigenvalue weighted by Gasteiger charge is -2.40. The average Bonchev–Trinajstić information content (AvgIpc) is 2.49. The minimum atomic E-state index is -1.12. The highest BCUT2D eigenvalue weighted by Crippen LogP contribution is 2.32. The molecular weight excluding hydrogens is 292 g/mol. The first-order chi connectivity index (χ1) is 9.99. The van der Waals surface area contributed by atoms with Gasteiger partial charge >= 0.3 is 5.97 Å². The van der Waals surface area contributed by atoms with E-state index in [4.69, 9.17) is 21.4 Å². The van der Waals surface area contributed by atoms with E-state index in [2.05, 4.69) is 24.1 Å². The van der Waals surface area contributed by atoms with Crippen molar-refractivity contribution in [1.82, 2.24) is 4.98 Å². The first-order valence-corrected chi connectivity index (χ1v) is 7.68. The summed E-state index contributed by atoms with van der Waals surface area (Å²) in [4.78, 5) is 15.1. The molecule has 1 fully saturated rings. The lowest BCUT2D eigenvalue weighted by Crippen LogP contribution is -2.43. The van der Waals surface area contributed by atoms with Gasteiger partial charge in [-0.1, -0.05) is 25.4 Å². The molecule has 1 aliphatic rings. The monoisotopic (exact) mass is 312 g/mol. The maximum Gasteiger partial charge on any atom is 0.356 e. The molecule has 0 aromatic carbocycles. The van der Waals surface area contributed by atoms with Gasteiger partial charge in [0.1, 0.15) is 5.82 Å². The number of anilines is 1. The van der Waals surface area contributed by atoms with E-state index in [0.29, 0.717) is 12.4 Å². The first-order valence-electron chi connectivity index (χ1n) is 7.30. The zero-order valence-electron chi connectivity index (χ0n) is 12.4. The minimum Gasteiger partial charge on any atom is -0.476 e. The Morgan fingerprint density at radius 3 is 2.86 bits per heavy atom. The highest BCUT2D eigenvalue weighted by Gasteiger charge is 2.34. The molecule has 1 aliphatic heterocycles. The Labute approximate surface area is 129 Å². The molecule has 0 amide bonds. The maximum atomic E-state index is 11.1. The number of rotatable bonds is 5. The molecular formula is C15H21ClN2O3. The molecule has 1 aromatic heterocycles. The lowest BCUT2D eigenvalue weighted by molar-refractivity contribution is -0.0864. The quantitative estimate of drug-likeness (QED) is 0.869. The van der Waals surface area contributed by atoms with Gasteiger partial charge in [-0.15, -0.1) is 0 Å². The first kappa shape index (κ1) is 16.0. The molecule has 5 nitrogen and oxygen atoms in total. The van der Waals surface area contributed by atoms with E-state index in [9.17, 15) is 4.79 Å². The maximum absolute atomic E-state index is 11.1. The number of carboxylic acids is 1. The van der Waals surface area contributed by atoms with Crippen molar-refractivity contribution in [3.8, 4) is 0 Å². The van der Waals surface area contributed by atoms with Gasteiger partial charge in [0.25, 0.3) is 0 Å². The number of nitrogens with one attached hydrogen (secondary N) is 1. The predicted molar refractivity (Wildman–Crippen MR) is 82.1 cm³/mol. The summed E-state index contributed by atoms with van der Waals surface area (Å²) in [5.41, 5.74) is -0.205. The van der Waals surface area contributed by atoms with Crippen molar-refractivity contribution in [2.24, 2.45) is 0 Å². The Hall–Kier alpha value is -1.33. The summed E-state index contributed by atoms with van der Waals surface area (Å²) >= 11 is 5.83. The fraction of sp³-hybridized carbons (Fsp3) is 0.600. The van der Waals surface area contributed by atoms with Gasteiger partial charge in [0.05, 0.1) is 10.6 Å². The SMILES string of the molecule is CCC1(CC)CC(Nc2ccc(Cl)c(C(=O)O)n2)CCO1. The second-order valence-corrected chi connectivity index (χ2v) is 5.81. The van der Waals surface area contributed by atoms with Crippen LogP contribution >= 0.6 is 11.6 Å². The number of aromatic nitrogens is 1. The Bertz CT molecular complexity index is 518. The van der Waals surface area contributed by atoms with Crippen LogP contribution in [0.1, 0.15) is 50.0 Å². The number of carbonyl (C=O) groups is 1.